The number of nitrogens with two attached hydrogens (primary N) is 1. The molecular weight excluding hydrogens is 328 g/mol. The van der Waals surface area contributed by atoms with Crippen LogP contribution in [-0.4, -0.2) is 17.4 Å². The fourth-order valence-corrected chi connectivity index (χ4v) is 3.39. The molecule has 0 radical (unpaired) electrons. The molecule has 1 fully saturated rings. The number of likely N-dealkylation sites (tertiary alicyclic amines) is 1. The lowest BCUT2D eigenvalue weighted by molar-refractivity contribution is -0.131. The van der Waals surface area contributed by atoms with E-state index in [0.29, 0.717) is 18.9 Å². The zero-order valence-corrected chi connectivity index (χ0v) is 14.7. The van der Waals surface area contributed by atoms with Gasteiger partial charge < -0.3 is 10.6 Å². The quantitative estimate of drug-likeness (QED) is 0.810. The summed E-state index contributed by atoms with van der Waals surface area (Å²) in [6.07, 6.45) is 2.73. The molecule has 0 aromatic heterocycles. The number of carbonyl (C=O) groups is 1. The first-order chi connectivity index (χ1) is 9.79. The number of benzene rings is 1. The van der Waals surface area contributed by atoms with Gasteiger partial charge in [-0.1, -0.05) is 32.9 Å². The molecule has 0 saturated carbocycles. The van der Waals surface area contributed by atoms with Gasteiger partial charge in [0.15, 0.2) is 0 Å². The molecule has 0 spiro atoms. The van der Waals surface area contributed by atoms with Crippen molar-refractivity contribution in [2.45, 2.75) is 46.6 Å². The summed E-state index contributed by atoms with van der Waals surface area (Å²) in [7, 11) is 0. The summed E-state index contributed by atoms with van der Waals surface area (Å²) in [6, 6.07) is 5.84. The molecule has 4 heteroatoms. The van der Waals surface area contributed by atoms with Crippen LogP contribution in [0.4, 0.5) is 5.69 Å². The number of nitrogens with zero attached hydrogens (tertiary/aromatic N) is 1. The van der Waals surface area contributed by atoms with Crippen LogP contribution in [0.5, 0.6) is 0 Å². The Labute approximate surface area is 136 Å². The first kappa shape index (κ1) is 16.3. The van der Waals surface area contributed by atoms with Crippen LogP contribution in [0.1, 0.15) is 45.6 Å². The van der Waals surface area contributed by atoms with Gasteiger partial charge in [-0.2, -0.15) is 0 Å². The van der Waals surface area contributed by atoms with Crippen molar-refractivity contribution >= 4 is 27.5 Å². The van der Waals surface area contributed by atoms with E-state index in [-0.39, 0.29) is 11.3 Å². The van der Waals surface area contributed by atoms with Crippen LogP contribution in [0, 0.1) is 11.3 Å². The molecule has 2 rings (SSSR count). The summed E-state index contributed by atoms with van der Waals surface area (Å²) in [5, 5.41) is 0. The molecule has 2 N–H and O–H groups in total. The average molecular weight is 353 g/mol. The molecule has 1 saturated heterocycles. The standard InChI is InChI=1S/C17H25BrN2O/c1-17(2,3)13-7-8-15(21)20(10-9-13)11-12-5-4-6-14(19)16(12)18/h4-6,13H,7-11,19H2,1-3H3. The lowest BCUT2D eigenvalue weighted by atomic mass is 9.77. The lowest BCUT2D eigenvalue weighted by Gasteiger charge is -2.29. The second-order valence-corrected chi connectivity index (χ2v) is 7.82. The predicted molar refractivity (Wildman–Crippen MR) is 90.8 cm³/mol. The third-order valence-electron chi connectivity index (χ3n) is 4.50. The van der Waals surface area contributed by atoms with Crippen LogP contribution < -0.4 is 5.73 Å². The van der Waals surface area contributed by atoms with Gasteiger partial charge in [-0.15, -0.1) is 0 Å². The molecule has 1 aliphatic rings. The third kappa shape index (κ3) is 4.00. The topological polar surface area (TPSA) is 46.3 Å². The number of carbonyl (C=O) groups excluding carboxylic acids is 1. The van der Waals surface area contributed by atoms with E-state index < -0.39 is 0 Å². The third-order valence-corrected chi connectivity index (χ3v) is 5.47. The van der Waals surface area contributed by atoms with Gasteiger partial charge >= 0.3 is 0 Å². The highest BCUT2D eigenvalue weighted by Gasteiger charge is 2.30. The van der Waals surface area contributed by atoms with Crippen LogP contribution in [0.2, 0.25) is 0 Å². The van der Waals surface area contributed by atoms with Crippen LogP contribution in [-0.2, 0) is 11.3 Å². The molecule has 3 nitrogen and oxygen atoms in total. The lowest BCUT2D eigenvalue weighted by Crippen LogP contribution is -2.30. The van der Waals surface area contributed by atoms with Gasteiger partial charge in [-0.3, -0.25) is 4.79 Å². The van der Waals surface area contributed by atoms with E-state index in [9.17, 15) is 4.79 Å². The van der Waals surface area contributed by atoms with Crippen LogP contribution in [0.15, 0.2) is 22.7 Å². The highest BCUT2D eigenvalue weighted by atomic mass is 79.9. The Morgan fingerprint density at radius 3 is 2.71 bits per heavy atom. The van der Waals surface area contributed by atoms with Crippen molar-refractivity contribution in [1.29, 1.82) is 0 Å². The molecule has 1 atom stereocenters. The maximum atomic E-state index is 12.4. The summed E-state index contributed by atoms with van der Waals surface area (Å²) < 4.78 is 0.911. The number of amides is 1. The van der Waals surface area contributed by atoms with Gasteiger partial charge in [-0.05, 0) is 51.7 Å². The van der Waals surface area contributed by atoms with Gasteiger partial charge in [0.2, 0.25) is 5.91 Å². The maximum Gasteiger partial charge on any atom is 0.222 e. The van der Waals surface area contributed by atoms with Gasteiger partial charge in [0, 0.05) is 29.7 Å². The van der Waals surface area contributed by atoms with Gasteiger partial charge in [0.05, 0.1) is 0 Å². The fraction of sp³-hybridized carbons (Fsp3) is 0.588. The Morgan fingerprint density at radius 2 is 2.05 bits per heavy atom. The average Bonchev–Trinajstić information content (AvgIpc) is 2.57. The highest BCUT2D eigenvalue weighted by Crippen LogP contribution is 2.35. The molecule has 21 heavy (non-hydrogen) atoms. The van der Waals surface area contributed by atoms with Crippen LogP contribution >= 0.6 is 15.9 Å². The summed E-state index contributed by atoms with van der Waals surface area (Å²) in [6.45, 7) is 8.29. The number of nitrogen functional groups attached to an aromatic ring is 1. The number of hydrogen-bond acceptors (Lipinski definition) is 2. The zero-order valence-electron chi connectivity index (χ0n) is 13.2. The van der Waals surface area contributed by atoms with Gasteiger partial charge in [0.1, 0.15) is 0 Å². The number of rotatable bonds is 2. The number of anilines is 1. The molecular formula is C17H25BrN2O. The van der Waals surface area contributed by atoms with Crippen molar-refractivity contribution in [1.82, 2.24) is 4.90 Å². The summed E-state index contributed by atoms with van der Waals surface area (Å²) in [4.78, 5) is 14.3. The van der Waals surface area contributed by atoms with Gasteiger partial charge in [0.25, 0.3) is 0 Å². The zero-order chi connectivity index (χ0) is 15.6. The van der Waals surface area contributed by atoms with E-state index in [2.05, 4.69) is 36.7 Å². The Kier molecular flexibility index (Phi) is 4.97. The van der Waals surface area contributed by atoms with Crippen molar-refractivity contribution in [3.8, 4) is 0 Å². The van der Waals surface area contributed by atoms with Gasteiger partial charge in [-0.25, -0.2) is 0 Å². The monoisotopic (exact) mass is 352 g/mol. The smallest absolute Gasteiger partial charge is 0.222 e. The molecule has 1 aromatic rings. The second-order valence-electron chi connectivity index (χ2n) is 7.03. The second kappa shape index (κ2) is 6.39. The highest BCUT2D eigenvalue weighted by molar-refractivity contribution is 9.10. The summed E-state index contributed by atoms with van der Waals surface area (Å²) in [5.74, 6) is 0.867. The van der Waals surface area contributed by atoms with E-state index in [1.165, 1.54) is 0 Å². The Balaban J connectivity index is 2.10. The van der Waals surface area contributed by atoms with E-state index in [0.717, 1.165) is 35.1 Å². The normalized spacial score (nSPS) is 20.5. The molecule has 0 bridgehead atoms. The van der Waals surface area contributed by atoms with Crippen molar-refractivity contribution < 1.29 is 4.79 Å². The Hall–Kier alpha value is -1.03. The maximum absolute atomic E-state index is 12.4. The summed E-state index contributed by atoms with van der Waals surface area (Å²) in [5.41, 5.74) is 8.00. The largest absolute Gasteiger partial charge is 0.398 e. The summed E-state index contributed by atoms with van der Waals surface area (Å²) >= 11 is 3.53. The first-order valence-electron chi connectivity index (χ1n) is 7.59. The molecule has 0 aliphatic carbocycles. The van der Waals surface area contributed by atoms with Crippen LogP contribution in [0.3, 0.4) is 0 Å². The fourth-order valence-electron chi connectivity index (χ4n) is 3.00. The van der Waals surface area contributed by atoms with E-state index in [1.54, 1.807) is 0 Å². The molecule has 1 heterocycles. The van der Waals surface area contributed by atoms with E-state index >= 15 is 0 Å². The molecule has 1 aromatic carbocycles. The SMILES string of the molecule is CC(C)(C)C1CCC(=O)N(Cc2cccc(N)c2Br)CC1. The Morgan fingerprint density at radius 1 is 1.33 bits per heavy atom. The van der Waals surface area contributed by atoms with Crippen molar-refractivity contribution in [3.63, 3.8) is 0 Å². The minimum Gasteiger partial charge on any atom is -0.398 e. The van der Waals surface area contributed by atoms with E-state index in [4.69, 9.17) is 5.73 Å². The van der Waals surface area contributed by atoms with Crippen molar-refractivity contribution in [2.24, 2.45) is 11.3 Å². The first-order valence-corrected chi connectivity index (χ1v) is 8.39. The number of hydrogen-bond donors (Lipinski definition) is 1. The molecule has 116 valence electrons. The Bertz CT molecular complexity index is 522. The molecule has 1 amide bonds. The molecule has 1 unspecified atom stereocenters. The van der Waals surface area contributed by atoms with Crippen LogP contribution in [0.25, 0.3) is 0 Å². The minimum absolute atomic E-state index is 0.260. The molecule has 1 aliphatic heterocycles. The number of halogens is 1. The van der Waals surface area contributed by atoms with Crippen molar-refractivity contribution in [2.75, 3.05) is 12.3 Å². The minimum atomic E-state index is 0.260. The van der Waals surface area contributed by atoms with E-state index in [1.807, 2.05) is 23.1 Å². The van der Waals surface area contributed by atoms with Crippen molar-refractivity contribution in [3.05, 3.63) is 28.2 Å². The predicted octanol–water partition coefficient (Wildman–Crippen LogP) is 4.21.